The highest BCUT2D eigenvalue weighted by Crippen LogP contribution is 2.26. The van der Waals surface area contributed by atoms with E-state index in [0.29, 0.717) is 17.2 Å². The van der Waals surface area contributed by atoms with Crippen LogP contribution in [-0.4, -0.2) is 30.9 Å². The first kappa shape index (κ1) is 10.7. The molecule has 5 nitrogen and oxygen atoms in total. The van der Waals surface area contributed by atoms with Gasteiger partial charge in [0.15, 0.2) is 0 Å². The minimum Gasteiger partial charge on any atom is -0.495 e. The first-order valence-electron chi connectivity index (χ1n) is 4.19. The second kappa shape index (κ2) is 4.78. The zero-order valence-corrected chi connectivity index (χ0v) is 8.23. The van der Waals surface area contributed by atoms with E-state index in [0.717, 1.165) is 0 Å². The van der Waals surface area contributed by atoms with E-state index in [1.165, 1.54) is 20.4 Å². The summed E-state index contributed by atoms with van der Waals surface area (Å²) in [6.07, 6.45) is 0.731. The molecule has 1 rings (SSSR count). The molecule has 0 aliphatic carbocycles. The van der Waals surface area contributed by atoms with E-state index in [9.17, 15) is 5.11 Å². The summed E-state index contributed by atoms with van der Waals surface area (Å²) in [6.45, 7) is 0.128. The number of aromatic nitrogens is 1. The zero-order chi connectivity index (χ0) is 10.6. The van der Waals surface area contributed by atoms with Crippen molar-refractivity contribution in [3.8, 4) is 11.6 Å². The first-order chi connectivity index (χ1) is 6.72. The number of nitrogens with two attached hydrogens (primary N) is 1. The van der Waals surface area contributed by atoms with E-state index in [1.54, 1.807) is 6.07 Å². The van der Waals surface area contributed by atoms with Gasteiger partial charge >= 0.3 is 0 Å². The van der Waals surface area contributed by atoms with Crippen molar-refractivity contribution in [1.82, 2.24) is 4.98 Å². The van der Waals surface area contributed by atoms with Gasteiger partial charge in [-0.05, 0) is 0 Å². The van der Waals surface area contributed by atoms with E-state index < -0.39 is 6.10 Å². The minimum atomic E-state index is -0.762. The van der Waals surface area contributed by atoms with E-state index in [1.807, 2.05) is 0 Å². The number of rotatable bonds is 4. The molecule has 5 heteroatoms. The molecule has 0 aliphatic rings. The third-order valence-corrected chi connectivity index (χ3v) is 1.88. The molecule has 1 aromatic rings. The monoisotopic (exact) mass is 198 g/mol. The van der Waals surface area contributed by atoms with Crippen LogP contribution in [-0.2, 0) is 0 Å². The highest BCUT2D eigenvalue weighted by atomic mass is 16.5. The lowest BCUT2D eigenvalue weighted by Crippen LogP contribution is -2.13. The molecule has 0 saturated carbocycles. The van der Waals surface area contributed by atoms with Gasteiger partial charge in [0.1, 0.15) is 5.75 Å². The summed E-state index contributed by atoms with van der Waals surface area (Å²) in [6, 6.07) is 1.61. The second-order valence-corrected chi connectivity index (χ2v) is 2.72. The summed E-state index contributed by atoms with van der Waals surface area (Å²) >= 11 is 0. The Labute approximate surface area is 82.5 Å². The summed E-state index contributed by atoms with van der Waals surface area (Å²) in [4.78, 5) is 3.95. The fourth-order valence-corrected chi connectivity index (χ4v) is 1.11. The smallest absolute Gasteiger partial charge is 0.213 e. The third kappa shape index (κ3) is 2.12. The van der Waals surface area contributed by atoms with Crippen LogP contribution in [0.1, 0.15) is 11.7 Å². The molecule has 0 bridgehead atoms. The average molecular weight is 198 g/mol. The molecule has 0 aliphatic heterocycles. The molecule has 0 unspecified atom stereocenters. The Morgan fingerprint density at radius 2 is 2.21 bits per heavy atom. The molecule has 0 fully saturated rings. The molecule has 78 valence electrons. The van der Waals surface area contributed by atoms with Gasteiger partial charge in [0, 0.05) is 18.2 Å². The molecular weight excluding hydrogens is 184 g/mol. The van der Waals surface area contributed by atoms with Gasteiger partial charge in [-0.15, -0.1) is 0 Å². The quantitative estimate of drug-likeness (QED) is 0.717. The van der Waals surface area contributed by atoms with Gasteiger partial charge in [-0.1, -0.05) is 0 Å². The molecule has 1 atom stereocenters. The molecule has 0 saturated heterocycles. The van der Waals surface area contributed by atoms with Crippen molar-refractivity contribution in [3.05, 3.63) is 17.8 Å². The van der Waals surface area contributed by atoms with Crippen LogP contribution < -0.4 is 15.2 Å². The highest BCUT2D eigenvalue weighted by molar-refractivity contribution is 5.36. The maximum Gasteiger partial charge on any atom is 0.213 e. The largest absolute Gasteiger partial charge is 0.495 e. The van der Waals surface area contributed by atoms with Gasteiger partial charge in [-0.3, -0.25) is 0 Å². The Morgan fingerprint density at radius 3 is 2.71 bits per heavy atom. The standard InChI is InChI=1S/C9H14N2O3/c1-13-8-5-11-9(14-2)3-6(8)7(12)4-10/h3,5,7,12H,4,10H2,1-2H3/t7-/m1/s1. The first-order valence-corrected chi connectivity index (χ1v) is 4.19. The van der Waals surface area contributed by atoms with Crippen LogP contribution in [0.25, 0.3) is 0 Å². The number of aliphatic hydroxyl groups excluding tert-OH is 1. The van der Waals surface area contributed by atoms with Crippen molar-refractivity contribution in [2.75, 3.05) is 20.8 Å². The number of pyridine rings is 1. The molecule has 3 N–H and O–H groups in total. The topological polar surface area (TPSA) is 77.6 Å². The lowest BCUT2D eigenvalue weighted by Gasteiger charge is -2.13. The maximum atomic E-state index is 9.57. The van der Waals surface area contributed by atoms with Crippen molar-refractivity contribution in [2.45, 2.75) is 6.10 Å². The van der Waals surface area contributed by atoms with E-state index in [4.69, 9.17) is 15.2 Å². The van der Waals surface area contributed by atoms with E-state index in [-0.39, 0.29) is 6.54 Å². The summed E-state index contributed by atoms with van der Waals surface area (Å²) in [5.74, 6) is 0.928. The van der Waals surface area contributed by atoms with Crippen molar-refractivity contribution in [2.24, 2.45) is 5.73 Å². The number of aliphatic hydroxyl groups is 1. The Balaban J connectivity index is 3.08. The Bertz CT molecular complexity index is 304. The number of ether oxygens (including phenoxy) is 2. The van der Waals surface area contributed by atoms with Crippen LogP contribution in [0.15, 0.2) is 12.3 Å². The number of hydrogen-bond donors (Lipinski definition) is 2. The minimum absolute atomic E-state index is 0.128. The van der Waals surface area contributed by atoms with Crippen molar-refractivity contribution in [3.63, 3.8) is 0 Å². The average Bonchev–Trinajstić information content (AvgIpc) is 2.27. The van der Waals surface area contributed by atoms with E-state index in [2.05, 4.69) is 4.98 Å². The lowest BCUT2D eigenvalue weighted by atomic mass is 10.1. The van der Waals surface area contributed by atoms with Crippen molar-refractivity contribution < 1.29 is 14.6 Å². The Morgan fingerprint density at radius 1 is 1.50 bits per heavy atom. The zero-order valence-electron chi connectivity index (χ0n) is 8.23. The van der Waals surface area contributed by atoms with Gasteiger partial charge in [0.05, 0.1) is 26.5 Å². The number of methoxy groups -OCH3 is 2. The van der Waals surface area contributed by atoms with Crippen LogP contribution >= 0.6 is 0 Å². The van der Waals surface area contributed by atoms with Gasteiger partial charge in [-0.25, -0.2) is 4.98 Å². The van der Waals surface area contributed by atoms with Gasteiger partial charge < -0.3 is 20.3 Å². The highest BCUT2D eigenvalue weighted by Gasteiger charge is 2.13. The molecule has 1 heterocycles. The van der Waals surface area contributed by atoms with Crippen LogP contribution in [0, 0.1) is 0 Å². The van der Waals surface area contributed by atoms with Crippen LogP contribution in [0.3, 0.4) is 0 Å². The third-order valence-electron chi connectivity index (χ3n) is 1.88. The van der Waals surface area contributed by atoms with Crippen LogP contribution in [0.2, 0.25) is 0 Å². The second-order valence-electron chi connectivity index (χ2n) is 2.72. The lowest BCUT2D eigenvalue weighted by molar-refractivity contribution is 0.181. The molecule has 0 radical (unpaired) electrons. The number of nitrogens with zero attached hydrogens (tertiary/aromatic N) is 1. The normalized spacial score (nSPS) is 12.3. The summed E-state index contributed by atoms with van der Waals surface area (Å²) in [5.41, 5.74) is 5.94. The van der Waals surface area contributed by atoms with Crippen LogP contribution in [0.5, 0.6) is 11.6 Å². The molecule has 14 heavy (non-hydrogen) atoms. The molecule has 0 spiro atoms. The summed E-state index contributed by atoms with van der Waals surface area (Å²) in [5, 5.41) is 9.57. The number of hydrogen-bond acceptors (Lipinski definition) is 5. The SMILES string of the molecule is COc1cc([C@H](O)CN)c(OC)cn1. The Hall–Kier alpha value is -1.33. The fourth-order valence-electron chi connectivity index (χ4n) is 1.11. The Kier molecular flexibility index (Phi) is 3.67. The van der Waals surface area contributed by atoms with Crippen molar-refractivity contribution >= 4 is 0 Å². The predicted octanol–water partition coefficient (Wildman–Crippen LogP) is 0.0909. The molecule has 0 aromatic carbocycles. The van der Waals surface area contributed by atoms with Crippen molar-refractivity contribution in [1.29, 1.82) is 0 Å². The van der Waals surface area contributed by atoms with Crippen LogP contribution in [0.4, 0.5) is 0 Å². The summed E-state index contributed by atoms with van der Waals surface area (Å²) in [7, 11) is 3.02. The van der Waals surface area contributed by atoms with Gasteiger partial charge in [-0.2, -0.15) is 0 Å². The molecular formula is C9H14N2O3. The maximum absolute atomic E-state index is 9.57. The van der Waals surface area contributed by atoms with Gasteiger partial charge in [0.25, 0.3) is 0 Å². The molecule has 0 amide bonds. The van der Waals surface area contributed by atoms with E-state index >= 15 is 0 Å². The molecule has 1 aromatic heterocycles. The summed E-state index contributed by atoms with van der Waals surface area (Å²) < 4.78 is 9.96. The predicted molar refractivity (Wildman–Crippen MR) is 51.4 cm³/mol. The fraction of sp³-hybridized carbons (Fsp3) is 0.444. The van der Waals surface area contributed by atoms with Gasteiger partial charge in [0.2, 0.25) is 5.88 Å².